The maximum Gasteiger partial charge on any atom is 0.247 e. The van der Waals surface area contributed by atoms with Gasteiger partial charge < -0.3 is 4.42 Å². The molecule has 2 atom stereocenters. The molecule has 0 radical (unpaired) electrons. The van der Waals surface area contributed by atoms with Gasteiger partial charge in [0.1, 0.15) is 11.5 Å². The average molecular weight is 519 g/mol. The summed E-state index contributed by atoms with van der Waals surface area (Å²) in [6, 6.07) is 21.7. The van der Waals surface area contributed by atoms with Crippen LogP contribution in [0.5, 0.6) is 0 Å². The highest BCUT2D eigenvalue weighted by molar-refractivity contribution is 6.30. The number of likely N-dealkylation sites (tertiary alicyclic amines) is 1. The van der Waals surface area contributed by atoms with Crippen LogP contribution < -0.4 is 0 Å². The molecule has 0 amide bonds. The minimum atomic E-state index is -1.60. The normalized spacial score (nSPS) is 16.1. The summed E-state index contributed by atoms with van der Waals surface area (Å²) in [4.78, 5) is 2.25. The van der Waals surface area contributed by atoms with Gasteiger partial charge in [-0.15, -0.1) is 10.2 Å². The summed E-state index contributed by atoms with van der Waals surface area (Å²) < 4.78 is 35.6. The van der Waals surface area contributed by atoms with Crippen molar-refractivity contribution in [3.8, 4) is 17.5 Å². The molecule has 5 rings (SSSR count). The monoisotopic (exact) mass is 518 g/mol. The van der Waals surface area contributed by atoms with Crippen molar-refractivity contribution in [3.05, 3.63) is 106 Å². The predicted molar refractivity (Wildman–Crippen MR) is 137 cm³/mol. The highest BCUT2D eigenvalue weighted by Crippen LogP contribution is 2.46. The Morgan fingerprint density at radius 3 is 2.46 bits per heavy atom. The lowest BCUT2D eigenvalue weighted by Gasteiger charge is -2.50. The van der Waals surface area contributed by atoms with E-state index >= 15 is 4.39 Å². The first-order valence-corrected chi connectivity index (χ1v) is 12.4. The van der Waals surface area contributed by atoms with Crippen LogP contribution in [0.1, 0.15) is 48.1 Å². The zero-order valence-electron chi connectivity index (χ0n) is 20.4. The van der Waals surface area contributed by atoms with Gasteiger partial charge in [-0.25, -0.2) is 8.78 Å². The third-order valence-corrected chi connectivity index (χ3v) is 7.17. The molecule has 188 valence electrons. The number of aromatic nitrogens is 2. The molecule has 5 nitrogen and oxygen atoms in total. The lowest BCUT2D eigenvalue weighted by molar-refractivity contribution is 0.00814. The van der Waals surface area contributed by atoms with Crippen molar-refractivity contribution in [1.29, 1.82) is 5.26 Å². The van der Waals surface area contributed by atoms with Gasteiger partial charge in [-0.2, -0.15) is 5.26 Å². The zero-order chi connectivity index (χ0) is 26.2. The second kappa shape index (κ2) is 10.0. The van der Waals surface area contributed by atoms with E-state index in [1.54, 1.807) is 12.1 Å². The van der Waals surface area contributed by atoms with E-state index in [4.69, 9.17) is 16.0 Å². The number of nitrogens with zero attached hydrogens (tertiary/aromatic N) is 4. The highest BCUT2D eigenvalue weighted by atomic mass is 35.5. The summed E-state index contributed by atoms with van der Waals surface area (Å²) in [5.74, 6) is -0.918. The van der Waals surface area contributed by atoms with Crippen LogP contribution >= 0.6 is 11.6 Å². The molecule has 1 aliphatic heterocycles. The smallest absolute Gasteiger partial charge is 0.247 e. The average Bonchev–Trinajstić information content (AvgIpc) is 3.38. The van der Waals surface area contributed by atoms with Crippen LogP contribution in [-0.4, -0.2) is 33.9 Å². The first-order chi connectivity index (χ1) is 17.7. The Morgan fingerprint density at radius 2 is 1.81 bits per heavy atom. The van der Waals surface area contributed by atoms with Crippen LogP contribution in [-0.2, 0) is 0 Å². The highest BCUT2D eigenvalue weighted by Gasteiger charge is 2.45. The molecule has 1 aromatic heterocycles. The second-order valence-electron chi connectivity index (χ2n) is 9.96. The van der Waals surface area contributed by atoms with Gasteiger partial charge in [-0.3, -0.25) is 4.90 Å². The molecule has 2 unspecified atom stereocenters. The standard InChI is InChI=1S/C29H25ClF2N4O/c1-29(2,32)26(21-11-22(13-25(31)12-21)28-35-34-17-37-28)23-15-36(16-23)27(19-6-8-24(30)9-7-19)20-5-3-4-18(10-20)14-33/h3-13,17,23,26-27H,15-16H2,1-2H3. The van der Waals surface area contributed by atoms with Gasteiger partial charge in [0.05, 0.1) is 17.7 Å². The van der Waals surface area contributed by atoms with E-state index in [2.05, 4.69) is 21.2 Å². The fourth-order valence-electron chi connectivity index (χ4n) is 5.45. The maximum absolute atomic E-state index is 15.7. The van der Waals surface area contributed by atoms with Crippen LogP contribution in [0.4, 0.5) is 8.78 Å². The van der Waals surface area contributed by atoms with Gasteiger partial charge in [0.2, 0.25) is 12.3 Å². The van der Waals surface area contributed by atoms with Crippen molar-refractivity contribution in [2.75, 3.05) is 13.1 Å². The summed E-state index contributed by atoms with van der Waals surface area (Å²) in [7, 11) is 0. The van der Waals surface area contributed by atoms with Crippen molar-refractivity contribution >= 4 is 11.6 Å². The molecular weight excluding hydrogens is 494 g/mol. The van der Waals surface area contributed by atoms with E-state index < -0.39 is 17.4 Å². The van der Waals surface area contributed by atoms with Gasteiger partial charge in [0.15, 0.2) is 0 Å². The second-order valence-corrected chi connectivity index (χ2v) is 10.4. The summed E-state index contributed by atoms with van der Waals surface area (Å²) in [5, 5.41) is 17.6. The van der Waals surface area contributed by atoms with Gasteiger partial charge in [0.25, 0.3) is 0 Å². The molecule has 0 aliphatic carbocycles. The molecule has 0 spiro atoms. The number of nitriles is 1. The quantitative estimate of drug-likeness (QED) is 0.265. The summed E-state index contributed by atoms with van der Waals surface area (Å²) in [5.41, 5.74) is 1.95. The van der Waals surface area contributed by atoms with Crippen LogP contribution in [0.2, 0.25) is 5.02 Å². The van der Waals surface area contributed by atoms with Crippen LogP contribution in [0.15, 0.2) is 77.5 Å². The Hall–Kier alpha value is -3.60. The molecule has 8 heteroatoms. The molecular formula is C29H25ClF2N4O. The van der Waals surface area contributed by atoms with E-state index in [0.29, 0.717) is 34.8 Å². The molecule has 1 fully saturated rings. The van der Waals surface area contributed by atoms with E-state index in [0.717, 1.165) is 11.1 Å². The molecule has 0 N–H and O–H groups in total. The van der Waals surface area contributed by atoms with E-state index in [1.807, 2.05) is 42.5 Å². The molecule has 0 saturated carbocycles. The molecule has 1 aliphatic rings. The Balaban J connectivity index is 1.47. The summed E-state index contributed by atoms with van der Waals surface area (Å²) in [6.45, 7) is 4.25. The van der Waals surface area contributed by atoms with Gasteiger partial charge in [0, 0.05) is 29.6 Å². The topological polar surface area (TPSA) is 66.0 Å². The van der Waals surface area contributed by atoms with E-state index in [1.165, 1.54) is 32.4 Å². The third kappa shape index (κ3) is 5.27. The van der Waals surface area contributed by atoms with Crippen molar-refractivity contribution in [2.24, 2.45) is 5.92 Å². The Kier molecular flexibility index (Phi) is 6.80. The number of benzene rings is 3. The molecule has 4 aromatic rings. The lowest BCUT2D eigenvalue weighted by atomic mass is 9.72. The lowest BCUT2D eigenvalue weighted by Crippen LogP contribution is -2.53. The first kappa shape index (κ1) is 25.1. The fraction of sp³-hybridized carbons (Fsp3) is 0.276. The SMILES string of the molecule is CC(C)(F)C(c1cc(F)cc(-c2nnco2)c1)C1CN(C(c2ccc(Cl)cc2)c2cccc(C#N)c2)C1. The van der Waals surface area contributed by atoms with Crippen LogP contribution in [0.25, 0.3) is 11.5 Å². The zero-order valence-corrected chi connectivity index (χ0v) is 21.2. The third-order valence-electron chi connectivity index (χ3n) is 6.92. The first-order valence-electron chi connectivity index (χ1n) is 12.0. The number of rotatable bonds is 7. The number of hydrogen-bond acceptors (Lipinski definition) is 5. The molecule has 2 heterocycles. The molecule has 0 bridgehead atoms. The Bertz CT molecular complexity index is 1420. The number of hydrogen-bond donors (Lipinski definition) is 0. The predicted octanol–water partition coefficient (Wildman–Crippen LogP) is 6.95. The van der Waals surface area contributed by atoms with Crippen molar-refractivity contribution in [1.82, 2.24) is 15.1 Å². The molecule has 3 aromatic carbocycles. The van der Waals surface area contributed by atoms with Crippen molar-refractivity contribution in [3.63, 3.8) is 0 Å². The Labute approximate surface area is 219 Å². The molecule has 1 saturated heterocycles. The van der Waals surface area contributed by atoms with Gasteiger partial charge >= 0.3 is 0 Å². The fourth-order valence-corrected chi connectivity index (χ4v) is 5.58. The van der Waals surface area contributed by atoms with E-state index in [-0.39, 0.29) is 17.9 Å². The minimum absolute atomic E-state index is 0.0636. The summed E-state index contributed by atoms with van der Waals surface area (Å²) >= 11 is 6.14. The van der Waals surface area contributed by atoms with Crippen LogP contribution in [0.3, 0.4) is 0 Å². The van der Waals surface area contributed by atoms with E-state index in [9.17, 15) is 9.65 Å². The maximum atomic E-state index is 15.7. The minimum Gasteiger partial charge on any atom is -0.423 e. The van der Waals surface area contributed by atoms with Gasteiger partial charge in [-0.1, -0.05) is 35.9 Å². The summed E-state index contributed by atoms with van der Waals surface area (Å²) in [6.07, 6.45) is 1.18. The van der Waals surface area contributed by atoms with Crippen molar-refractivity contribution < 1.29 is 13.2 Å². The number of halogens is 3. The van der Waals surface area contributed by atoms with Crippen LogP contribution in [0, 0.1) is 23.1 Å². The van der Waals surface area contributed by atoms with Crippen molar-refractivity contribution in [2.45, 2.75) is 31.5 Å². The molecule has 37 heavy (non-hydrogen) atoms. The largest absolute Gasteiger partial charge is 0.423 e. The number of alkyl halides is 1. The van der Waals surface area contributed by atoms with Gasteiger partial charge in [-0.05, 0) is 78.9 Å². The Morgan fingerprint density at radius 1 is 1.05 bits per heavy atom.